The first kappa shape index (κ1) is 22.5. The highest BCUT2D eigenvalue weighted by molar-refractivity contribution is 7.78. The van der Waals surface area contributed by atoms with Crippen LogP contribution < -0.4 is 15.9 Å². The van der Waals surface area contributed by atoms with Crippen molar-refractivity contribution >= 4 is 23.7 Å². The van der Waals surface area contributed by atoms with E-state index in [2.05, 4.69) is 5.32 Å². The number of carbonyl (C=O) groups excluding carboxylic acids is 1. The SMILES string of the molecule is O=C(NC1CCCCC1)C(O)(CP(=O)(c1ccccc1)c1ccccc1)c1ccccc1. The molecule has 166 valence electrons. The van der Waals surface area contributed by atoms with Gasteiger partial charge in [0.15, 0.2) is 5.60 Å². The van der Waals surface area contributed by atoms with E-state index < -0.39 is 18.7 Å². The highest BCUT2D eigenvalue weighted by atomic mass is 31.2. The minimum Gasteiger partial charge on any atom is -0.375 e. The van der Waals surface area contributed by atoms with E-state index in [1.807, 2.05) is 66.7 Å². The first-order valence-corrected chi connectivity index (χ1v) is 13.2. The summed E-state index contributed by atoms with van der Waals surface area (Å²) < 4.78 is 14.7. The monoisotopic (exact) mass is 447 g/mol. The minimum absolute atomic E-state index is 0.0410. The Bertz CT molecular complexity index is 1020. The fraction of sp³-hybridized carbons (Fsp3) is 0.296. The van der Waals surface area contributed by atoms with Gasteiger partial charge in [0, 0.05) is 16.7 Å². The summed E-state index contributed by atoms with van der Waals surface area (Å²) >= 11 is 0. The molecule has 0 bridgehead atoms. The average Bonchev–Trinajstić information content (AvgIpc) is 2.86. The Balaban J connectivity index is 1.77. The summed E-state index contributed by atoms with van der Waals surface area (Å²) in [5, 5.41) is 16.3. The standard InChI is InChI=1S/C27H30NO3P/c29-26(28-23-15-7-2-8-16-23)27(30,22-13-5-1-6-14-22)21-32(31,24-17-9-3-10-18-24)25-19-11-4-12-20-25/h1,3-6,9-14,17-20,23,30H,2,7-8,15-16,21H2,(H,28,29). The van der Waals surface area contributed by atoms with E-state index in [9.17, 15) is 14.5 Å². The Morgan fingerprint density at radius 2 is 1.28 bits per heavy atom. The number of hydrogen-bond donors (Lipinski definition) is 2. The van der Waals surface area contributed by atoms with Gasteiger partial charge in [0.2, 0.25) is 0 Å². The number of nitrogens with one attached hydrogen (secondary N) is 1. The topological polar surface area (TPSA) is 66.4 Å². The molecular formula is C27H30NO3P. The van der Waals surface area contributed by atoms with Gasteiger partial charge in [-0.2, -0.15) is 0 Å². The lowest BCUT2D eigenvalue weighted by molar-refractivity contribution is -0.139. The second-order valence-electron chi connectivity index (χ2n) is 8.60. The van der Waals surface area contributed by atoms with Crippen molar-refractivity contribution < 1.29 is 14.5 Å². The molecule has 0 saturated heterocycles. The van der Waals surface area contributed by atoms with Crippen molar-refractivity contribution in [2.45, 2.75) is 43.7 Å². The maximum Gasteiger partial charge on any atom is 0.257 e. The van der Waals surface area contributed by atoms with Crippen molar-refractivity contribution in [3.05, 3.63) is 96.6 Å². The molecule has 1 atom stereocenters. The molecule has 0 spiro atoms. The van der Waals surface area contributed by atoms with E-state index in [1.54, 1.807) is 24.3 Å². The second kappa shape index (κ2) is 9.85. The summed E-state index contributed by atoms with van der Waals surface area (Å²) in [5.41, 5.74) is -1.46. The molecule has 3 aromatic rings. The number of aliphatic hydroxyl groups is 1. The Morgan fingerprint density at radius 3 is 1.78 bits per heavy atom. The summed E-state index contributed by atoms with van der Waals surface area (Å²) in [6.07, 6.45) is 4.93. The molecule has 32 heavy (non-hydrogen) atoms. The zero-order valence-electron chi connectivity index (χ0n) is 18.2. The van der Waals surface area contributed by atoms with Crippen molar-refractivity contribution in [3.63, 3.8) is 0 Å². The molecular weight excluding hydrogens is 417 g/mol. The Kier molecular flexibility index (Phi) is 6.93. The van der Waals surface area contributed by atoms with Crippen LogP contribution in [0.1, 0.15) is 37.7 Å². The highest BCUT2D eigenvalue weighted by Gasteiger charge is 2.46. The van der Waals surface area contributed by atoms with Gasteiger partial charge in [0.25, 0.3) is 5.91 Å². The van der Waals surface area contributed by atoms with Crippen LogP contribution in [0.15, 0.2) is 91.0 Å². The number of hydrogen-bond acceptors (Lipinski definition) is 3. The van der Waals surface area contributed by atoms with Crippen LogP contribution in [0.25, 0.3) is 0 Å². The molecule has 1 amide bonds. The molecule has 4 rings (SSSR count). The lowest BCUT2D eigenvalue weighted by atomic mass is 9.91. The molecule has 1 aliphatic rings. The van der Waals surface area contributed by atoms with Crippen LogP contribution in [0, 0.1) is 0 Å². The Labute approximate surface area is 190 Å². The van der Waals surface area contributed by atoms with Gasteiger partial charge in [-0.05, 0) is 18.4 Å². The molecule has 1 fully saturated rings. The van der Waals surface area contributed by atoms with E-state index in [0.29, 0.717) is 16.2 Å². The average molecular weight is 448 g/mol. The Morgan fingerprint density at radius 1 is 0.812 bits per heavy atom. The van der Waals surface area contributed by atoms with Crippen LogP contribution in [-0.4, -0.2) is 23.2 Å². The fourth-order valence-electron chi connectivity index (χ4n) is 4.55. The van der Waals surface area contributed by atoms with Crippen LogP contribution in [0.2, 0.25) is 0 Å². The van der Waals surface area contributed by atoms with Gasteiger partial charge in [0.1, 0.15) is 7.14 Å². The molecule has 0 heterocycles. The molecule has 2 N–H and O–H groups in total. The van der Waals surface area contributed by atoms with Gasteiger partial charge in [-0.1, -0.05) is 110 Å². The summed E-state index contributed by atoms with van der Waals surface area (Å²) in [7, 11) is -3.33. The summed E-state index contributed by atoms with van der Waals surface area (Å²) in [6, 6.07) is 27.3. The molecule has 3 aromatic carbocycles. The van der Waals surface area contributed by atoms with Gasteiger partial charge in [-0.3, -0.25) is 4.79 Å². The van der Waals surface area contributed by atoms with Crippen molar-refractivity contribution in [1.29, 1.82) is 0 Å². The van der Waals surface area contributed by atoms with E-state index in [4.69, 9.17) is 0 Å². The van der Waals surface area contributed by atoms with Crippen molar-refractivity contribution in [2.75, 3.05) is 6.16 Å². The largest absolute Gasteiger partial charge is 0.375 e. The zero-order valence-corrected chi connectivity index (χ0v) is 19.1. The predicted octanol–water partition coefficient (Wildman–Crippen LogP) is 4.34. The van der Waals surface area contributed by atoms with Crippen molar-refractivity contribution in [3.8, 4) is 0 Å². The van der Waals surface area contributed by atoms with Gasteiger partial charge in [-0.15, -0.1) is 0 Å². The molecule has 1 aliphatic carbocycles. The number of amides is 1. The molecule has 5 heteroatoms. The molecule has 1 unspecified atom stereocenters. The number of rotatable bonds is 7. The summed E-state index contributed by atoms with van der Waals surface area (Å²) in [5.74, 6) is -0.470. The van der Waals surface area contributed by atoms with Crippen LogP contribution >= 0.6 is 7.14 Å². The lowest BCUT2D eigenvalue weighted by Gasteiger charge is -2.34. The van der Waals surface area contributed by atoms with Crippen LogP contribution in [-0.2, 0) is 15.0 Å². The smallest absolute Gasteiger partial charge is 0.257 e. The zero-order chi connectivity index (χ0) is 22.4. The van der Waals surface area contributed by atoms with E-state index in [1.165, 1.54) is 6.42 Å². The first-order valence-electron chi connectivity index (χ1n) is 11.3. The molecule has 4 nitrogen and oxygen atoms in total. The molecule has 0 aromatic heterocycles. The van der Waals surface area contributed by atoms with Crippen molar-refractivity contribution in [2.24, 2.45) is 0 Å². The third-order valence-electron chi connectivity index (χ3n) is 6.37. The molecule has 1 saturated carbocycles. The Hall–Kier alpha value is -2.68. The maximum absolute atomic E-state index is 14.7. The quantitative estimate of drug-likeness (QED) is 0.530. The number of carbonyl (C=O) groups is 1. The molecule has 0 aliphatic heterocycles. The minimum atomic E-state index is -3.33. The second-order valence-corrected chi connectivity index (χ2v) is 11.4. The normalized spacial score (nSPS) is 16.8. The van der Waals surface area contributed by atoms with Gasteiger partial charge in [0.05, 0.1) is 6.16 Å². The van der Waals surface area contributed by atoms with Crippen LogP contribution in [0.4, 0.5) is 0 Å². The lowest BCUT2D eigenvalue weighted by Crippen LogP contribution is -2.51. The van der Waals surface area contributed by atoms with E-state index in [-0.39, 0.29) is 12.2 Å². The summed E-state index contributed by atoms with van der Waals surface area (Å²) in [6.45, 7) is 0. The third kappa shape index (κ3) is 4.72. The fourth-order valence-corrected chi connectivity index (χ4v) is 7.49. The van der Waals surface area contributed by atoms with E-state index >= 15 is 0 Å². The number of benzene rings is 3. The van der Waals surface area contributed by atoms with Gasteiger partial charge >= 0.3 is 0 Å². The predicted molar refractivity (Wildman–Crippen MR) is 130 cm³/mol. The van der Waals surface area contributed by atoms with E-state index in [0.717, 1.165) is 25.7 Å². The van der Waals surface area contributed by atoms with Crippen LogP contribution in [0.3, 0.4) is 0 Å². The highest BCUT2D eigenvalue weighted by Crippen LogP contribution is 2.48. The van der Waals surface area contributed by atoms with Crippen molar-refractivity contribution in [1.82, 2.24) is 5.32 Å². The maximum atomic E-state index is 14.7. The summed E-state index contributed by atoms with van der Waals surface area (Å²) in [4.78, 5) is 13.6. The van der Waals surface area contributed by atoms with Crippen LogP contribution in [0.5, 0.6) is 0 Å². The van der Waals surface area contributed by atoms with Gasteiger partial charge < -0.3 is 15.0 Å². The third-order valence-corrected chi connectivity index (χ3v) is 9.53. The van der Waals surface area contributed by atoms with Gasteiger partial charge in [-0.25, -0.2) is 0 Å². The first-order chi connectivity index (χ1) is 15.5. The molecule has 0 radical (unpaired) electrons.